The first kappa shape index (κ1) is 17.3. The molecular weight excluding hydrogens is 349 g/mol. The average Bonchev–Trinajstić information content (AvgIpc) is 2.56. The van der Waals surface area contributed by atoms with Crippen LogP contribution in [0.1, 0.15) is 15.9 Å². The van der Waals surface area contributed by atoms with E-state index in [1.54, 1.807) is 0 Å². The van der Waals surface area contributed by atoms with Crippen LogP contribution in [-0.4, -0.2) is 15.9 Å². The monoisotopic (exact) mass is 360 g/mol. The Morgan fingerprint density at radius 1 is 1.00 bits per heavy atom. The minimum atomic E-state index is -1.18. The molecule has 3 rings (SSSR count). The molecule has 0 fully saturated rings. The van der Waals surface area contributed by atoms with E-state index in [2.05, 4.69) is 4.98 Å². The van der Waals surface area contributed by atoms with E-state index in [0.717, 1.165) is 18.2 Å². The SMILES string of the molecule is Nc1[nH]c(=O)c(-c2c(F)cc(O)cc2F)cc1C(=O)c1ccc(F)cc1. The van der Waals surface area contributed by atoms with Crippen LogP contribution in [0, 0.1) is 17.5 Å². The van der Waals surface area contributed by atoms with Crippen molar-refractivity contribution in [1.82, 2.24) is 4.98 Å². The highest BCUT2D eigenvalue weighted by atomic mass is 19.1. The molecule has 4 N–H and O–H groups in total. The number of halogens is 3. The van der Waals surface area contributed by atoms with E-state index in [1.807, 2.05) is 0 Å². The summed E-state index contributed by atoms with van der Waals surface area (Å²) in [4.78, 5) is 26.8. The van der Waals surface area contributed by atoms with Crippen LogP contribution in [0.15, 0.2) is 47.3 Å². The molecule has 26 heavy (non-hydrogen) atoms. The van der Waals surface area contributed by atoms with Crippen LogP contribution in [0.25, 0.3) is 11.1 Å². The van der Waals surface area contributed by atoms with E-state index < -0.39 is 45.7 Å². The lowest BCUT2D eigenvalue weighted by Gasteiger charge is -2.10. The molecule has 3 aromatic rings. The number of hydrogen-bond donors (Lipinski definition) is 3. The molecular formula is C18H11F3N2O3. The number of phenolic OH excluding ortho intramolecular Hbond substituents is 1. The van der Waals surface area contributed by atoms with Crippen molar-refractivity contribution in [3.63, 3.8) is 0 Å². The zero-order chi connectivity index (χ0) is 19.0. The number of aromatic hydroxyl groups is 1. The van der Waals surface area contributed by atoms with Gasteiger partial charge in [-0.15, -0.1) is 0 Å². The van der Waals surface area contributed by atoms with Crippen LogP contribution in [-0.2, 0) is 0 Å². The molecule has 0 radical (unpaired) electrons. The van der Waals surface area contributed by atoms with Crippen LogP contribution >= 0.6 is 0 Å². The number of hydrogen-bond acceptors (Lipinski definition) is 4. The Morgan fingerprint density at radius 3 is 2.15 bits per heavy atom. The van der Waals surface area contributed by atoms with Gasteiger partial charge in [0.15, 0.2) is 5.78 Å². The molecule has 5 nitrogen and oxygen atoms in total. The molecule has 1 heterocycles. The topological polar surface area (TPSA) is 96.2 Å². The molecule has 0 saturated heterocycles. The number of benzene rings is 2. The number of rotatable bonds is 3. The van der Waals surface area contributed by atoms with Gasteiger partial charge >= 0.3 is 0 Å². The molecule has 0 aliphatic rings. The van der Waals surface area contributed by atoms with Crippen molar-refractivity contribution < 1.29 is 23.1 Å². The van der Waals surface area contributed by atoms with Gasteiger partial charge in [0.25, 0.3) is 5.56 Å². The summed E-state index contributed by atoms with van der Waals surface area (Å²) in [6, 6.07) is 6.78. The number of aromatic nitrogens is 1. The number of pyridine rings is 1. The third-order valence-corrected chi connectivity index (χ3v) is 3.72. The predicted molar refractivity (Wildman–Crippen MR) is 88.3 cm³/mol. The van der Waals surface area contributed by atoms with Crippen molar-refractivity contribution in [2.24, 2.45) is 0 Å². The standard InChI is InChI=1S/C18H11F3N2O3/c19-9-3-1-8(2-4-9)16(25)12-7-11(18(26)23-17(12)22)15-13(20)5-10(24)6-14(15)21/h1-7,24H,(H3,22,23,26). The van der Waals surface area contributed by atoms with Gasteiger partial charge in [0.05, 0.1) is 16.7 Å². The first-order chi connectivity index (χ1) is 12.3. The maximum Gasteiger partial charge on any atom is 0.257 e. The van der Waals surface area contributed by atoms with Crippen molar-refractivity contribution in [1.29, 1.82) is 0 Å². The Balaban J connectivity index is 2.19. The number of ketones is 1. The summed E-state index contributed by atoms with van der Waals surface area (Å²) in [5, 5.41) is 9.22. The first-order valence-electron chi connectivity index (χ1n) is 7.29. The minimum absolute atomic E-state index is 0.0720. The summed E-state index contributed by atoms with van der Waals surface area (Å²) in [6.07, 6.45) is 0. The quantitative estimate of drug-likeness (QED) is 0.626. The van der Waals surface area contributed by atoms with Gasteiger partial charge in [-0.2, -0.15) is 0 Å². The van der Waals surface area contributed by atoms with Gasteiger partial charge in [0.1, 0.15) is 29.0 Å². The van der Waals surface area contributed by atoms with Gasteiger partial charge in [-0.1, -0.05) is 0 Å². The van der Waals surface area contributed by atoms with Crippen LogP contribution in [0.2, 0.25) is 0 Å². The normalized spacial score (nSPS) is 10.7. The number of anilines is 1. The average molecular weight is 360 g/mol. The van der Waals surface area contributed by atoms with Gasteiger partial charge in [0.2, 0.25) is 0 Å². The van der Waals surface area contributed by atoms with Crippen molar-refractivity contribution in [2.75, 3.05) is 5.73 Å². The van der Waals surface area contributed by atoms with Crippen LogP contribution in [0.4, 0.5) is 19.0 Å². The molecule has 0 aliphatic heterocycles. The summed E-state index contributed by atoms with van der Waals surface area (Å²) in [5.41, 5.74) is 3.42. The zero-order valence-corrected chi connectivity index (χ0v) is 13.0. The Bertz CT molecular complexity index is 1050. The molecule has 2 aromatic carbocycles. The highest BCUT2D eigenvalue weighted by Crippen LogP contribution is 2.29. The fourth-order valence-corrected chi connectivity index (χ4v) is 2.49. The van der Waals surface area contributed by atoms with E-state index >= 15 is 0 Å². The Hall–Kier alpha value is -3.55. The van der Waals surface area contributed by atoms with E-state index in [1.165, 1.54) is 12.1 Å². The second kappa shape index (κ2) is 6.40. The fraction of sp³-hybridized carbons (Fsp3) is 0. The van der Waals surface area contributed by atoms with Gasteiger partial charge in [-0.3, -0.25) is 9.59 Å². The summed E-state index contributed by atoms with van der Waals surface area (Å²) >= 11 is 0. The molecule has 0 amide bonds. The van der Waals surface area contributed by atoms with Crippen LogP contribution < -0.4 is 11.3 Å². The summed E-state index contributed by atoms with van der Waals surface area (Å²) in [7, 11) is 0. The highest BCUT2D eigenvalue weighted by Gasteiger charge is 2.21. The predicted octanol–water partition coefficient (Wildman–Crippen LogP) is 2.98. The number of phenols is 1. The third-order valence-electron chi connectivity index (χ3n) is 3.72. The van der Waals surface area contributed by atoms with Gasteiger partial charge in [-0.25, -0.2) is 13.2 Å². The summed E-state index contributed by atoms with van der Waals surface area (Å²) in [5.74, 6) is -4.54. The van der Waals surface area contributed by atoms with Gasteiger partial charge < -0.3 is 15.8 Å². The number of carbonyl (C=O) groups excluding carboxylic acids is 1. The second-order valence-electron chi connectivity index (χ2n) is 5.46. The highest BCUT2D eigenvalue weighted by molar-refractivity contribution is 6.12. The van der Waals surface area contributed by atoms with Crippen molar-refractivity contribution >= 4 is 11.6 Å². The molecule has 0 aliphatic carbocycles. The molecule has 8 heteroatoms. The minimum Gasteiger partial charge on any atom is -0.508 e. The lowest BCUT2D eigenvalue weighted by molar-refractivity contribution is 0.103. The Kier molecular flexibility index (Phi) is 4.25. The Labute approximate surface area is 144 Å². The number of nitrogens with one attached hydrogen (secondary N) is 1. The molecule has 0 saturated carbocycles. The third kappa shape index (κ3) is 3.04. The Morgan fingerprint density at radius 2 is 1.58 bits per heavy atom. The zero-order valence-electron chi connectivity index (χ0n) is 13.0. The number of H-pyrrole nitrogens is 1. The summed E-state index contributed by atoms with van der Waals surface area (Å²) < 4.78 is 41.1. The van der Waals surface area contributed by atoms with E-state index in [9.17, 15) is 27.9 Å². The van der Waals surface area contributed by atoms with Crippen molar-refractivity contribution in [3.8, 4) is 16.9 Å². The van der Waals surface area contributed by atoms with E-state index in [-0.39, 0.29) is 16.9 Å². The smallest absolute Gasteiger partial charge is 0.257 e. The number of nitrogen functional groups attached to an aromatic ring is 1. The summed E-state index contributed by atoms with van der Waals surface area (Å²) in [6.45, 7) is 0. The number of aromatic amines is 1. The largest absolute Gasteiger partial charge is 0.508 e. The second-order valence-corrected chi connectivity index (χ2v) is 5.46. The van der Waals surface area contributed by atoms with Gasteiger partial charge in [-0.05, 0) is 30.3 Å². The molecule has 1 aromatic heterocycles. The molecule has 132 valence electrons. The molecule has 0 bridgehead atoms. The maximum absolute atomic E-state index is 14.1. The lowest BCUT2D eigenvalue weighted by Crippen LogP contribution is -2.17. The van der Waals surface area contributed by atoms with Crippen molar-refractivity contribution in [3.05, 3.63) is 81.4 Å². The first-order valence-corrected chi connectivity index (χ1v) is 7.29. The van der Waals surface area contributed by atoms with E-state index in [4.69, 9.17) is 5.73 Å². The number of nitrogens with two attached hydrogens (primary N) is 1. The maximum atomic E-state index is 14.1. The molecule has 0 atom stereocenters. The molecule has 0 unspecified atom stereocenters. The fourth-order valence-electron chi connectivity index (χ4n) is 2.49. The lowest BCUT2D eigenvalue weighted by atomic mass is 9.99. The molecule has 0 spiro atoms. The van der Waals surface area contributed by atoms with Gasteiger partial charge in [0, 0.05) is 17.7 Å². The van der Waals surface area contributed by atoms with E-state index in [0.29, 0.717) is 12.1 Å². The van der Waals surface area contributed by atoms with Crippen molar-refractivity contribution in [2.45, 2.75) is 0 Å². The van der Waals surface area contributed by atoms with Crippen LogP contribution in [0.3, 0.4) is 0 Å². The van der Waals surface area contributed by atoms with Crippen LogP contribution in [0.5, 0.6) is 5.75 Å². The number of carbonyl (C=O) groups is 1.